The summed E-state index contributed by atoms with van der Waals surface area (Å²) >= 11 is 0. The Kier molecular flexibility index (Phi) is 9.56. The van der Waals surface area contributed by atoms with Crippen molar-refractivity contribution >= 4 is 5.97 Å². The number of carboxylic acid groups (broad SMARTS) is 1. The molecule has 0 aliphatic carbocycles. The molecule has 0 amide bonds. The van der Waals surface area contributed by atoms with E-state index in [1.807, 2.05) is 30.3 Å². The van der Waals surface area contributed by atoms with Gasteiger partial charge in [0.15, 0.2) is 0 Å². The van der Waals surface area contributed by atoms with Gasteiger partial charge in [0, 0.05) is 0 Å². The highest BCUT2D eigenvalue weighted by Gasteiger charge is 2.25. The minimum Gasteiger partial charge on any atom is -0.480 e. The second-order valence-corrected chi connectivity index (χ2v) is 5.99. The van der Waals surface area contributed by atoms with E-state index in [9.17, 15) is 9.90 Å². The molecule has 0 fully saturated rings. The average molecular weight is 305 g/mol. The summed E-state index contributed by atoms with van der Waals surface area (Å²) in [6.45, 7) is 6.14. The van der Waals surface area contributed by atoms with Gasteiger partial charge in [-0.1, -0.05) is 69.9 Å². The zero-order chi connectivity index (χ0) is 16.2. The van der Waals surface area contributed by atoms with Crippen LogP contribution in [0.2, 0.25) is 0 Å². The molecule has 1 N–H and O–H groups in total. The fraction of sp³-hybridized carbons (Fsp3) is 0.632. The molecule has 0 heterocycles. The normalized spacial score (nSPS) is 12.5. The van der Waals surface area contributed by atoms with Crippen LogP contribution in [0.25, 0.3) is 0 Å². The summed E-state index contributed by atoms with van der Waals surface area (Å²) in [7, 11) is 0. The van der Waals surface area contributed by atoms with Crippen molar-refractivity contribution < 1.29 is 9.90 Å². The Hall–Kier alpha value is -1.35. The van der Waals surface area contributed by atoms with Crippen molar-refractivity contribution in [1.82, 2.24) is 4.90 Å². The highest BCUT2D eigenvalue weighted by atomic mass is 16.4. The van der Waals surface area contributed by atoms with Crippen LogP contribution in [0.5, 0.6) is 0 Å². The first-order chi connectivity index (χ1) is 10.7. The summed E-state index contributed by atoms with van der Waals surface area (Å²) in [6.07, 6.45) is 7.43. The van der Waals surface area contributed by atoms with Gasteiger partial charge in [-0.2, -0.15) is 0 Å². The lowest BCUT2D eigenvalue weighted by atomic mass is 10.0. The van der Waals surface area contributed by atoms with Crippen molar-refractivity contribution in [2.24, 2.45) is 0 Å². The molecule has 3 nitrogen and oxygen atoms in total. The van der Waals surface area contributed by atoms with Crippen molar-refractivity contribution in [3.8, 4) is 0 Å². The Balaban J connectivity index is 2.71. The summed E-state index contributed by atoms with van der Waals surface area (Å²) in [5.41, 5.74) is 1.10. The van der Waals surface area contributed by atoms with E-state index in [0.29, 0.717) is 6.42 Å². The van der Waals surface area contributed by atoms with Gasteiger partial charge in [-0.25, -0.2) is 0 Å². The van der Waals surface area contributed by atoms with E-state index in [1.54, 1.807) is 0 Å². The number of unbranched alkanes of at least 4 members (excludes halogenated alkanes) is 4. The molecule has 0 saturated heterocycles. The van der Waals surface area contributed by atoms with Crippen molar-refractivity contribution in [2.45, 2.75) is 64.8 Å². The molecule has 1 aromatic rings. The van der Waals surface area contributed by atoms with Crippen LogP contribution in [0.4, 0.5) is 0 Å². The molecule has 22 heavy (non-hydrogen) atoms. The maximum atomic E-state index is 11.8. The Morgan fingerprint density at radius 2 is 1.55 bits per heavy atom. The number of rotatable bonds is 12. The van der Waals surface area contributed by atoms with Crippen LogP contribution in [0, 0.1) is 0 Å². The third kappa shape index (κ3) is 7.08. The molecule has 0 saturated carbocycles. The molecule has 124 valence electrons. The van der Waals surface area contributed by atoms with E-state index in [-0.39, 0.29) is 0 Å². The Labute approximate surface area is 135 Å². The summed E-state index contributed by atoms with van der Waals surface area (Å²) in [4.78, 5) is 14.0. The first kappa shape index (κ1) is 18.7. The third-order valence-electron chi connectivity index (χ3n) is 4.10. The Morgan fingerprint density at radius 1 is 1.00 bits per heavy atom. The zero-order valence-electron chi connectivity index (χ0n) is 14.1. The fourth-order valence-electron chi connectivity index (χ4n) is 2.76. The van der Waals surface area contributed by atoms with Crippen LogP contribution in [0.3, 0.4) is 0 Å². The molecule has 0 aromatic heterocycles. The second-order valence-electron chi connectivity index (χ2n) is 5.99. The highest BCUT2D eigenvalue weighted by Crippen LogP contribution is 2.13. The molecule has 1 aromatic carbocycles. The van der Waals surface area contributed by atoms with Crippen molar-refractivity contribution in [3.05, 3.63) is 35.9 Å². The molecular weight excluding hydrogens is 274 g/mol. The van der Waals surface area contributed by atoms with Crippen LogP contribution in [-0.4, -0.2) is 35.1 Å². The number of benzene rings is 1. The molecule has 0 unspecified atom stereocenters. The number of aliphatic carboxylic acids is 1. The Morgan fingerprint density at radius 3 is 2.00 bits per heavy atom. The largest absolute Gasteiger partial charge is 0.480 e. The topological polar surface area (TPSA) is 40.5 Å². The average Bonchev–Trinajstić information content (AvgIpc) is 2.52. The predicted molar refractivity (Wildman–Crippen MR) is 92.2 cm³/mol. The van der Waals surface area contributed by atoms with E-state index in [4.69, 9.17) is 0 Å². The number of hydrogen-bond acceptors (Lipinski definition) is 2. The summed E-state index contributed by atoms with van der Waals surface area (Å²) in [5, 5.41) is 9.68. The molecule has 0 spiro atoms. The molecule has 1 rings (SSSR count). The molecule has 0 aliphatic rings. The number of carbonyl (C=O) groups is 1. The standard InChI is InChI=1S/C19H31NO2/c1-3-5-10-14-20(15-11-6-4-2)18(19(21)22)16-17-12-8-7-9-13-17/h7-9,12-13,18H,3-6,10-11,14-16H2,1-2H3,(H,21,22)/t18-/m0/s1. The van der Waals surface area contributed by atoms with Crippen LogP contribution >= 0.6 is 0 Å². The minimum atomic E-state index is -0.697. The van der Waals surface area contributed by atoms with Crippen LogP contribution in [0.15, 0.2) is 30.3 Å². The number of hydrogen-bond donors (Lipinski definition) is 1. The van der Waals surface area contributed by atoms with Crippen molar-refractivity contribution in [2.75, 3.05) is 13.1 Å². The lowest BCUT2D eigenvalue weighted by Gasteiger charge is -2.29. The predicted octanol–water partition coefficient (Wildman–Crippen LogP) is 4.36. The molecule has 0 bridgehead atoms. The minimum absolute atomic E-state index is 0.406. The van der Waals surface area contributed by atoms with Gasteiger partial charge >= 0.3 is 5.97 Å². The highest BCUT2D eigenvalue weighted by molar-refractivity contribution is 5.74. The quantitative estimate of drug-likeness (QED) is 0.583. The summed E-state index contributed by atoms with van der Waals surface area (Å²) in [5.74, 6) is -0.697. The molecular formula is C19H31NO2. The van der Waals surface area contributed by atoms with Gasteiger partial charge < -0.3 is 5.11 Å². The van der Waals surface area contributed by atoms with Gasteiger partial charge in [-0.15, -0.1) is 0 Å². The first-order valence-electron chi connectivity index (χ1n) is 8.69. The van der Waals surface area contributed by atoms with Crippen molar-refractivity contribution in [1.29, 1.82) is 0 Å². The van der Waals surface area contributed by atoms with Gasteiger partial charge in [0.05, 0.1) is 0 Å². The second kappa shape index (κ2) is 11.2. The molecule has 0 radical (unpaired) electrons. The smallest absolute Gasteiger partial charge is 0.321 e. The van der Waals surface area contributed by atoms with Crippen LogP contribution in [-0.2, 0) is 11.2 Å². The monoisotopic (exact) mass is 305 g/mol. The van der Waals surface area contributed by atoms with E-state index >= 15 is 0 Å². The van der Waals surface area contributed by atoms with E-state index in [2.05, 4.69) is 18.7 Å². The fourth-order valence-corrected chi connectivity index (χ4v) is 2.76. The third-order valence-corrected chi connectivity index (χ3v) is 4.10. The van der Waals surface area contributed by atoms with Crippen LogP contribution < -0.4 is 0 Å². The van der Waals surface area contributed by atoms with Gasteiger partial charge in [-0.3, -0.25) is 9.69 Å². The number of nitrogens with zero attached hydrogens (tertiary/aromatic N) is 1. The molecule has 0 aliphatic heterocycles. The number of carboxylic acids is 1. The van der Waals surface area contributed by atoms with E-state index < -0.39 is 12.0 Å². The first-order valence-corrected chi connectivity index (χ1v) is 8.69. The van der Waals surface area contributed by atoms with Gasteiger partial charge in [-0.05, 0) is 37.9 Å². The van der Waals surface area contributed by atoms with Crippen molar-refractivity contribution in [3.63, 3.8) is 0 Å². The maximum absolute atomic E-state index is 11.8. The zero-order valence-corrected chi connectivity index (χ0v) is 14.1. The molecule has 1 atom stereocenters. The Bertz CT molecular complexity index is 395. The lowest BCUT2D eigenvalue weighted by molar-refractivity contribution is -0.143. The van der Waals surface area contributed by atoms with Gasteiger partial charge in [0.25, 0.3) is 0 Å². The molecule has 3 heteroatoms. The van der Waals surface area contributed by atoms with Crippen LogP contribution in [0.1, 0.15) is 57.9 Å². The summed E-state index contributed by atoms with van der Waals surface area (Å²) in [6, 6.07) is 9.56. The summed E-state index contributed by atoms with van der Waals surface area (Å²) < 4.78 is 0. The van der Waals surface area contributed by atoms with Gasteiger partial charge in [0.1, 0.15) is 6.04 Å². The van der Waals surface area contributed by atoms with E-state index in [0.717, 1.165) is 31.5 Å². The lowest BCUT2D eigenvalue weighted by Crippen LogP contribution is -2.43. The van der Waals surface area contributed by atoms with Gasteiger partial charge in [0.2, 0.25) is 0 Å². The van der Waals surface area contributed by atoms with E-state index in [1.165, 1.54) is 25.7 Å². The maximum Gasteiger partial charge on any atom is 0.321 e. The SMILES string of the molecule is CCCCCN(CCCCC)[C@@H](Cc1ccccc1)C(=O)O.